The van der Waals surface area contributed by atoms with Crippen molar-refractivity contribution >= 4 is 16.9 Å². The van der Waals surface area contributed by atoms with Crippen LogP contribution >= 0.6 is 0 Å². The van der Waals surface area contributed by atoms with Crippen molar-refractivity contribution in [1.29, 1.82) is 0 Å². The lowest BCUT2D eigenvalue weighted by Gasteiger charge is -2.12. The molecule has 3 aromatic carbocycles. The molecule has 6 heteroatoms. The number of methoxy groups -OCH3 is 1. The largest absolute Gasteiger partial charge is 0.497 e. The van der Waals surface area contributed by atoms with Crippen LogP contribution in [0.5, 0.6) is 11.5 Å². The maximum atomic E-state index is 12.5. The Morgan fingerprint density at radius 3 is 2.55 bits per heavy atom. The van der Waals surface area contributed by atoms with Gasteiger partial charge in [0, 0.05) is 18.5 Å². The molecule has 4 rings (SSSR count). The minimum absolute atomic E-state index is 0.130. The Morgan fingerprint density at radius 1 is 0.970 bits per heavy atom. The Labute approximate surface area is 194 Å². The maximum absolute atomic E-state index is 12.5. The Kier molecular flexibility index (Phi) is 6.93. The van der Waals surface area contributed by atoms with Gasteiger partial charge in [0.2, 0.25) is 0 Å². The zero-order valence-electron chi connectivity index (χ0n) is 19.3. The molecule has 1 aromatic heterocycles. The van der Waals surface area contributed by atoms with Crippen LogP contribution in [0.3, 0.4) is 0 Å². The first-order valence-corrected chi connectivity index (χ1v) is 11.1. The number of imidazole rings is 1. The molecule has 0 unspecified atom stereocenters. The molecule has 0 saturated heterocycles. The number of amides is 1. The van der Waals surface area contributed by atoms with Gasteiger partial charge in [-0.3, -0.25) is 4.79 Å². The van der Waals surface area contributed by atoms with E-state index >= 15 is 0 Å². The SMILES string of the molecule is COc1cccc(C(=O)NCCc2nc3ccccc3n2CCOc2cc(C)cc(C)c2)c1. The fourth-order valence-electron chi connectivity index (χ4n) is 3.99. The number of fused-ring (bicyclic) bond motifs is 1. The molecule has 0 bridgehead atoms. The van der Waals surface area contributed by atoms with E-state index in [4.69, 9.17) is 14.5 Å². The van der Waals surface area contributed by atoms with E-state index in [-0.39, 0.29) is 5.91 Å². The summed E-state index contributed by atoms with van der Waals surface area (Å²) in [5.74, 6) is 2.33. The van der Waals surface area contributed by atoms with Crippen LogP contribution in [0.4, 0.5) is 0 Å². The number of nitrogens with one attached hydrogen (secondary N) is 1. The summed E-state index contributed by atoms with van der Waals surface area (Å²) in [5, 5.41) is 2.99. The zero-order valence-corrected chi connectivity index (χ0v) is 19.3. The molecule has 0 aliphatic rings. The Hall–Kier alpha value is -3.80. The molecule has 170 valence electrons. The fourth-order valence-corrected chi connectivity index (χ4v) is 3.99. The molecule has 4 aromatic rings. The third-order valence-electron chi connectivity index (χ3n) is 5.48. The van der Waals surface area contributed by atoms with E-state index in [1.807, 2.05) is 42.5 Å². The smallest absolute Gasteiger partial charge is 0.251 e. The molecule has 0 saturated carbocycles. The Morgan fingerprint density at radius 2 is 1.76 bits per heavy atom. The number of carbonyl (C=O) groups excluding carboxylic acids is 1. The molecule has 0 aliphatic heterocycles. The molecule has 33 heavy (non-hydrogen) atoms. The molecular formula is C27H29N3O3. The molecule has 0 fully saturated rings. The van der Waals surface area contributed by atoms with Gasteiger partial charge in [-0.1, -0.05) is 24.3 Å². The minimum atomic E-state index is -0.130. The third-order valence-corrected chi connectivity index (χ3v) is 5.48. The number of aromatic nitrogens is 2. The zero-order chi connectivity index (χ0) is 23.2. The number of para-hydroxylation sites is 2. The van der Waals surface area contributed by atoms with Crippen LogP contribution in [0.25, 0.3) is 11.0 Å². The molecule has 1 N–H and O–H groups in total. The van der Waals surface area contributed by atoms with E-state index in [0.29, 0.717) is 37.4 Å². The van der Waals surface area contributed by atoms with Gasteiger partial charge < -0.3 is 19.4 Å². The highest BCUT2D eigenvalue weighted by Crippen LogP contribution is 2.19. The number of benzene rings is 3. The van der Waals surface area contributed by atoms with Gasteiger partial charge in [-0.15, -0.1) is 0 Å². The number of carbonyl (C=O) groups is 1. The molecule has 6 nitrogen and oxygen atoms in total. The third kappa shape index (κ3) is 5.52. The Bertz CT molecular complexity index is 1240. The van der Waals surface area contributed by atoms with Crippen LogP contribution in [0.15, 0.2) is 66.7 Å². The first-order chi connectivity index (χ1) is 16.0. The minimum Gasteiger partial charge on any atom is -0.497 e. The van der Waals surface area contributed by atoms with Crippen LogP contribution < -0.4 is 14.8 Å². The van der Waals surface area contributed by atoms with Gasteiger partial charge in [0.1, 0.15) is 23.9 Å². The molecule has 0 radical (unpaired) electrons. The fraction of sp³-hybridized carbons (Fsp3) is 0.259. The van der Waals surface area contributed by atoms with Gasteiger partial charge in [-0.25, -0.2) is 4.98 Å². The van der Waals surface area contributed by atoms with E-state index in [1.165, 1.54) is 11.1 Å². The second kappa shape index (κ2) is 10.2. The van der Waals surface area contributed by atoms with Crippen molar-refractivity contribution in [3.05, 3.63) is 89.2 Å². The predicted molar refractivity (Wildman–Crippen MR) is 130 cm³/mol. The highest BCUT2D eigenvalue weighted by molar-refractivity contribution is 5.94. The average molecular weight is 444 g/mol. The van der Waals surface area contributed by atoms with Crippen molar-refractivity contribution in [2.45, 2.75) is 26.8 Å². The van der Waals surface area contributed by atoms with E-state index in [9.17, 15) is 4.79 Å². The molecule has 0 atom stereocenters. The molecule has 1 heterocycles. The molecule has 0 spiro atoms. The average Bonchev–Trinajstić information content (AvgIpc) is 3.16. The number of hydrogen-bond acceptors (Lipinski definition) is 4. The topological polar surface area (TPSA) is 65.4 Å². The quantitative estimate of drug-likeness (QED) is 0.407. The first-order valence-electron chi connectivity index (χ1n) is 11.1. The van der Waals surface area contributed by atoms with Crippen molar-refractivity contribution in [2.24, 2.45) is 0 Å². The van der Waals surface area contributed by atoms with Crippen molar-refractivity contribution in [3.63, 3.8) is 0 Å². The highest BCUT2D eigenvalue weighted by atomic mass is 16.5. The summed E-state index contributed by atoms with van der Waals surface area (Å²) in [5.41, 5.74) is 4.95. The second-order valence-corrected chi connectivity index (χ2v) is 8.08. The van der Waals surface area contributed by atoms with Gasteiger partial charge in [-0.2, -0.15) is 0 Å². The van der Waals surface area contributed by atoms with Gasteiger partial charge in [0.25, 0.3) is 5.91 Å². The van der Waals surface area contributed by atoms with Gasteiger partial charge >= 0.3 is 0 Å². The van der Waals surface area contributed by atoms with Crippen LogP contribution in [0.1, 0.15) is 27.3 Å². The summed E-state index contributed by atoms with van der Waals surface area (Å²) in [6, 6.07) is 21.4. The van der Waals surface area contributed by atoms with Gasteiger partial charge in [0.15, 0.2) is 0 Å². The lowest BCUT2D eigenvalue weighted by atomic mass is 10.1. The summed E-state index contributed by atoms with van der Waals surface area (Å²) >= 11 is 0. The molecule has 1 amide bonds. The van der Waals surface area contributed by atoms with Crippen molar-refractivity contribution in [3.8, 4) is 11.5 Å². The van der Waals surface area contributed by atoms with Crippen LogP contribution in [-0.2, 0) is 13.0 Å². The molecule has 0 aliphatic carbocycles. The lowest BCUT2D eigenvalue weighted by molar-refractivity contribution is 0.0953. The summed E-state index contributed by atoms with van der Waals surface area (Å²) < 4.78 is 13.4. The standard InChI is InChI=1S/C27H29N3O3/c1-19-15-20(2)17-23(16-19)33-14-13-30-25-10-5-4-9-24(25)29-26(30)11-12-28-27(31)21-7-6-8-22(18-21)32-3/h4-10,15-18H,11-14H2,1-3H3,(H,28,31). The summed E-state index contributed by atoms with van der Waals surface area (Å²) in [4.78, 5) is 17.3. The number of rotatable bonds is 9. The number of aryl methyl sites for hydroxylation is 2. The monoisotopic (exact) mass is 443 g/mol. The van der Waals surface area contributed by atoms with E-state index < -0.39 is 0 Å². The normalized spacial score (nSPS) is 10.9. The van der Waals surface area contributed by atoms with Crippen molar-refractivity contribution in [1.82, 2.24) is 14.9 Å². The Balaban J connectivity index is 1.42. The van der Waals surface area contributed by atoms with E-state index in [2.05, 4.69) is 35.9 Å². The van der Waals surface area contributed by atoms with Gasteiger partial charge in [0.05, 0.1) is 24.7 Å². The molecular weight excluding hydrogens is 414 g/mol. The maximum Gasteiger partial charge on any atom is 0.251 e. The van der Waals surface area contributed by atoms with Gasteiger partial charge in [-0.05, 0) is 67.4 Å². The van der Waals surface area contributed by atoms with Crippen molar-refractivity contribution < 1.29 is 14.3 Å². The van der Waals surface area contributed by atoms with Crippen molar-refractivity contribution in [2.75, 3.05) is 20.3 Å². The van der Waals surface area contributed by atoms with Crippen LogP contribution in [0, 0.1) is 13.8 Å². The van der Waals surface area contributed by atoms with E-state index in [1.54, 1.807) is 19.2 Å². The second-order valence-electron chi connectivity index (χ2n) is 8.08. The van der Waals surface area contributed by atoms with E-state index in [0.717, 1.165) is 22.6 Å². The number of ether oxygens (including phenoxy) is 2. The highest BCUT2D eigenvalue weighted by Gasteiger charge is 2.12. The lowest BCUT2D eigenvalue weighted by Crippen LogP contribution is -2.26. The summed E-state index contributed by atoms with van der Waals surface area (Å²) in [6.45, 7) is 5.83. The predicted octanol–water partition coefficient (Wildman–Crippen LogP) is 4.71. The summed E-state index contributed by atoms with van der Waals surface area (Å²) in [7, 11) is 1.59. The summed E-state index contributed by atoms with van der Waals surface area (Å²) in [6.07, 6.45) is 0.619. The van der Waals surface area contributed by atoms with Crippen LogP contribution in [-0.4, -0.2) is 35.7 Å². The first kappa shape index (κ1) is 22.4. The number of hydrogen-bond donors (Lipinski definition) is 1. The van der Waals surface area contributed by atoms with Crippen LogP contribution in [0.2, 0.25) is 0 Å². The number of nitrogens with zero attached hydrogens (tertiary/aromatic N) is 2.